The minimum absolute atomic E-state index is 0.0951. The molecule has 0 spiro atoms. The van der Waals surface area contributed by atoms with Crippen LogP contribution in [0.25, 0.3) is 0 Å². The number of phosphoric ester groups is 1. The average Bonchev–Trinajstić information content (AvgIpc) is 3.05. The Hall–Kier alpha value is -0.750. The molecule has 0 amide bonds. The van der Waals surface area contributed by atoms with Crippen LogP contribution in [0.15, 0.2) is 18.2 Å². The highest BCUT2D eigenvalue weighted by molar-refractivity contribution is 7.46. The van der Waals surface area contributed by atoms with E-state index in [0.29, 0.717) is 12.3 Å². The molecular weight excluding hydrogens is 377 g/mol. The molecular formula is C21H34NO5P. The minimum atomic E-state index is -4.47. The van der Waals surface area contributed by atoms with Crippen molar-refractivity contribution in [3.05, 3.63) is 34.9 Å². The second kappa shape index (κ2) is 9.38. The fraction of sp³-hybridized carbons (Fsp3) is 0.714. The van der Waals surface area contributed by atoms with Gasteiger partial charge in [-0.1, -0.05) is 18.2 Å². The molecule has 3 atom stereocenters. The van der Waals surface area contributed by atoms with Crippen molar-refractivity contribution in [2.75, 3.05) is 19.8 Å². The largest absolute Gasteiger partial charge is 0.469 e. The van der Waals surface area contributed by atoms with Crippen LogP contribution in [-0.2, 0) is 26.7 Å². The molecule has 2 aliphatic rings. The summed E-state index contributed by atoms with van der Waals surface area (Å²) in [6.45, 7) is 3.61. The van der Waals surface area contributed by atoms with Gasteiger partial charge in [0.1, 0.15) is 0 Å². The Labute approximate surface area is 168 Å². The lowest BCUT2D eigenvalue weighted by Gasteiger charge is -2.26. The van der Waals surface area contributed by atoms with E-state index in [9.17, 15) is 4.57 Å². The summed E-state index contributed by atoms with van der Waals surface area (Å²) >= 11 is 0. The molecule has 28 heavy (non-hydrogen) atoms. The topological polar surface area (TPSA) is 102 Å². The van der Waals surface area contributed by atoms with E-state index >= 15 is 0 Å². The SMILES string of the molecule is CCOCCCC1CCc2cc([C@H]3CC[C@](N)(COP(=O)(O)O)C3)ccc2C1. The lowest BCUT2D eigenvalue weighted by atomic mass is 9.80. The quantitative estimate of drug-likeness (QED) is 0.423. The third-order valence-electron chi connectivity index (χ3n) is 6.30. The summed E-state index contributed by atoms with van der Waals surface area (Å²) in [6, 6.07) is 6.84. The van der Waals surface area contributed by atoms with Crippen LogP contribution >= 0.6 is 7.82 Å². The molecule has 3 rings (SSSR count). The van der Waals surface area contributed by atoms with Crippen LogP contribution in [0.4, 0.5) is 0 Å². The van der Waals surface area contributed by atoms with E-state index in [1.54, 1.807) is 0 Å². The second-order valence-corrected chi connectivity index (χ2v) is 9.78. The number of rotatable bonds is 9. The normalized spacial score (nSPS) is 27.7. The van der Waals surface area contributed by atoms with E-state index in [0.717, 1.165) is 51.2 Å². The maximum atomic E-state index is 11.0. The number of aryl methyl sites for hydroxylation is 1. The molecule has 0 aromatic heterocycles. The highest BCUT2D eigenvalue weighted by Gasteiger charge is 2.38. The number of hydrogen-bond acceptors (Lipinski definition) is 4. The first kappa shape index (κ1) is 21.9. The van der Waals surface area contributed by atoms with Crippen molar-refractivity contribution in [3.8, 4) is 0 Å². The van der Waals surface area contributed by atoms with Crippen molar-refractivity contribution < 1.29 is 23.6 Å². The van der Waals surface area contributed by atoms with Gasteiger partial charge in [-0.15, -0.1) is 0 Å². The summed E-state index contributed by atoms with van der Waals surface area (Å²) in [5, 5.41) is 0. The third kappa shape index (κ3) is 6.12. The first-order valence-corrected chi connectivity index (χ1v) is 12.0. The van der Waals surface area contributed by atoms with Crippen LogP contribution in [0.2, 0.25) is 0 Å². The van der Waals surface area contributed by atoms with Crippen molar-refractivity contribution >= 4 is 7.82 Å². The van der Waals surface area contributed by atoms with Crippen LogP contribution in [-0.4, -0.2) is 35.1 Å². The molecule has 2 aliphatic carbocycles. The maximum absolute atomic E-state index is 11.0. The van der Waals surface area contributed by atoms with Crippen LogP contribution in [0.3, 0.4) is 0 Å². The summed E-state index contributed by atoms with van der Waals surface area (Å²) in [4.78, 5) is 17.9. The fourth-order valence-electron chi connectivity index (χ4n) is 4.75. The summed E-state index contributed by atoms with van der Waals surface area (Å²) in [5.41, 5.74) is 9.91. The van der Waals surface area contributed by atoms with E-state index in [-0.39, 0.29) is 6.61 Å². The number of hydrogen-bond donors (Lipinski definition) is 3. The summed E-state index contributed by atoms with van der Waals surface area (Å²) in [7, 11) is -4.47. The molecule has 7 heteroatoms. The van der Waals surface area contributed by atoms with Gasteiger partial charge in [-0.3, -0.25) is 4.52 Å². The molecule has 1 aromatic carbocycles. The monoisotopic (exact) mass is 411 g/mol. The highest BCUT2D eigenvalue weighted by atomic mass is 31.2. The molecule has 0 aliphatic heterocycles. The van der Waals surface area contributed by atoms with Gasteiger partial charge in [0.15, 0.2) is 0 Å². The van der Waals surface area contributed by atoms with Gasteiger partial charge in [-0.2, -0.15) is 0 Å². The van der Waals surface area contributed by atoms with Gasteiger partial charge in [0, 0.05) is 18.8 Å². The van der Waals surface area contributed by atoms with Crippen molar-refractivity contribution in [2.24, 2.45) is 11.7 Å². The first-order valence-electron chi connectivity index (χ1n) is 10.5. The summed E-state index contributed by atoms with van der Waals surface area (Å²) < 4.78 is 21.1. The lowest BCUT2D eigenvalue weighted by Crippen LogP contribution is -2.41. The Kier molecular flexibility index (Phi) is 7.35. The molecule has 1 unspecified atom stereocenters. The standard InChI is InChI=1S/C21H34NO5P/c1-2-26-11-3-4-16-5-6-18-13-19(8-7-17(18)12-16)20-9-10-21(22,14-20)15-27-28(23,24)25/h7-8,13,16,20H,2-6,9-12,14-15,22H2,1H3,(H2,23,24,25)/t16?,20-,21+/m0/s1. The molecule has 0 bridgehead atoms. The third-order valence-corrected chi connectivity index (χ3v) is 6.77. The van der Waals surface area contributed by atoms with Gasteiger partial charge in [0.25, 0.3) is 0 Å². The molecule has 1 saturated carbocycles. The molecule has 1 aromatic rings. The predicted octanol–water partition coefficient (Wildman–Crippen LogP) is 3.68. The maximum Gasteiger partial charge on any atom is 0.469 e. The molecule has 0 heterocycles. The fourth-order valence-corrected chi connectivity index (χ4v) is 5.18. The van der Waals surface area contributed by atoms with Crippen LogP contribution in [0.5, 0.6) is 0 Å². The molecule has 6 nitrogen and oxygen atoms in total. The Morgan fingerprint density at radius 3 is 2.86 bits per heavy atom. The van der Waals surface area contributed by atoms with Crippen molar-refractivity contribution in [1.82, 2.24) is 0 Å². The Balaban J connectivity index is 1.56. The zero-order chi connectivity index (χ0) is 20.2. The Bertz CT molecular complexity index is 706. The second-order valence-electron chi connectivity index (χ2n) is 8.54. The molecule has 158 valence electrons. The molecule has 0 radical (unpaired) electrons. The zero-order valence-corrected chi connectivity index (χ0v) is 17.7. The van der Waals surface area contributed by atoms with Gasteiger partial charge in [0.05, 0.1) is 6.61 Å². The summed E-state index contributed by atoms with van der Waals surface area (Å²) in [5.74, 6) is 1.09. The van der Waals surface area contributed by atoms with Gasteiger partial charge >= 0.3 is 7.82 Å². The van der Waals surface area contributed by atoms with Gasteiger partial charge in [-0.05, 0) is 86.8 Å². The van der Waals surface area contributed by atoms with E-state index in [1.165, 1.54) is 29.5 Å². The number of benzene rings is 1. The summed E-state index contributed by atoms with van der Waals surface area (Å²) in [6.07, 6.45) is 8.25. The minimum Gasteiger partial charge on any atom is -0.382 e. The van der Waals surface area contributed by atoms with Crippen LogP contribution in [0.1, 0.15) is 68.1 Å². The van der Waals surface area contributed by atoms with Crippen molar-refractivity contribution in [1.29, 1.82) is 0 Å². The average molecular weight is 411 g/mol. The van der Waals surface area contributed by atoms with E-state index in [2.05, 4.69) is 22.7 Å². The molecule has 0 saturated heterocycles. The van der Waals surface area contributed by atoms with Gasteiger partial charge < -0.3 is 20.3 Å². The van der Waals surface area contributed by atoms with Crippen LogP contribution < -0.4 is 5.73 Å². The number of nitrogens with two attached hydrogens (primary N) is 1. The highest BCUT2D eigenvalue weighted by Crippen LogP contribution is 2.44. The van der Waals surface area contributed by atoms with E-state index < -0.39 is 13.4 Å². The van der Waals surface area contributed by atoms with Gasteiger partial charge in [0.2, 0.25) is 0 Å². The number of fused-ring (bicyclic) bond motifs is 1. The van der Waals surface area contributed by atoms with E-state index in [4.69, 9.17) is 20.3 Å². The Morgan fingerprint density at radius 1 is 1.29 bits per heavy atom. The van der Waals surface area contributed by atoms with Crippen molar-refractivity contribution in [2.45, 2.75) is 69.7 Å². The lowest BCUT2D eigenvalue weighted by molar-refractivity contribution is 0.138. The first-order chi connectivity index (χ1) is 13.3. The Morgan fingerprint density at radius 2 is 2.11 bits per heavy atom. The van der Waals surface area contributed by atoms with E-state index in [1.807, 2.05) is 6.92 Å². The predicted molar refractivity (Wildman–Crippen MR) is 109 cm³/mol. The zero-order valence-electron chi connectivity index (χ0n) is 16.8. The molecule has 1 fully saturated rings. The number of ether oxygens (including phenoxy) is 1. The molecule has 4 N–H and O–H groups in total. The van der Waals surface area contributed by atoms with Crippen LogP contribution in [0, 0.1) is 5.92 Å². The van der Waals surface area contributed by atoms with Gasteiger partial charge in [-0.25, -0.2) is 4.57 Å². The smallest absolute Gasteiger partial charge is 0.382 e. The van der Waals surface area contributed by atoms with Crippen molar-refractivity contribution in [3.63, 3.8) is 0 Å². The number of phosphoric acid groups is 1.